The van der Waals surface area contributed by atoms with Crippen LogP contribution in [0.5, 0.6) is 0 Å². The third-order valence-electron chi connectivity index (χ3n) is 5.83. The molecule has 0 fully saturated rings. The van der Waals surface area contributed by atoms with Crippen LogP contribution in [0.25, 0.3) is 16.3 Å². The van der Waals surface area contributed by atoms with Crippen molar-refractivity contribution in [2.75, 3.05) is 6.26 Å². The van der Waals surface area contributed by atoms with E-state index in [9.17, 15) is 27.0 Å². The van der Waals surface area contributed by atoms with E-state index >= 15 is 0 Å². The first kappa shape index (κ1) is 27.7. The summed E-state index contributed by atoms with van der Waals surface area (Å²) in [5.41, 5.74) is -1.00. The molecule has 8 nitrogen and oxygen atoms in total. The number of hydrogen-bond donors (Lipinski definition) is 1. The van der Waals surface area contributed by atoms with Gasteiger partial charge in [0.05, 0.1) is 15.3 Å². The van der Waals surface area contributed by atoms with E-state index in [1.165, 1.54) is 65.0 Å². The van der Waals surface area contributed by atoms with Crippen LogP contribution in [0.4, 0.5) is 13.2 Å². The van der Waals surface area contributed by atoms with Crippen LogP contribution in [0.3, 0.4) is 0 Å². The number of carbonyl (C=O) groups is 1. The highest BCUT2D eigenvalue weighted by Crippen LogP contribution is 2.33. The third-order valence-corrected chi connectivity index (χ3v) is 8.18. The molecular weight excluding hydrogens is 551 g/mol. The Labute approximate surface area is 225 Å². The zero-order chi connectivity index (χ0) is 28.4. The predicted molar refractivity (Wildman–Crippen MR) is 141 cm³/mol. The van der Waals surface area contributed by atoms with Gasteiger partial charge in [-0.2, -0.15) is 18.4 Å². The van der Waals surface area contributed by atoms with Gasteiger partial charge in [0.25, 0.3) is 5.91 Å². The van der Waals surface area contributed by atoms with Crippen molar-refractivity contribution in [3.63, 3.8) is 0 Å². The van der Waals surface area contributed by atoms with Crippen LogP contribution in [0.2, 0.25) is 0 Å². The number of alkyl halides is 3. The largest absolute Gasteiger partial charge is 0.416 e. The molecule has 200 valence electrons. The second-order valence-corrected chi connectivity index (χ2v) is 11.5. The molecule has 4 rings (SSSR count). The quantitative estimate of drug-likeness (QED) is 0.321. The molecule has 2 aromatic heterocycles. The minimum atomic E-state index is -4.61. The van der Waals surface area contributed by atoms with E-state index in [0.29, 0.717) is 21.3 Å². The van der Waals surface area contributed by atoms with Crippen LogP contribution in [0.1, 0.15) is 27.2 Å². The average molecular weight is 572 g/mol. The highest BCUT2D eigenvalue weighted by molar-refractivity contribution is 7.93. The maximum Gasteiger partial charge on any atom is 0.416 e. The van der Waals surface area contributed by atoms with Crippen LogP contribution in [0, 0.1) is 18.4 Å². The lowest BCUT2D eigenvalue weighted by Crippen LogP contribution is -2.30. The Morgan fingerprint density at radius 1 is 1.23 bits per heavy atom. The first-order valence-electron chi connectivity index (χ1n) is 11.2. The van der Waals surface area contributed by atoms with Crippen LogP contribution >= 0.6 is 11.3 Å². The Kier molecular flexibility index (Phi) is 7.71. The van der Waals surface area contributed by atoms with Crippen molar-refractivity contribution < 1.29 is 22.2 Å². The number of nitrogens with zero attached hydrogens (tertiary/aromatic N) is 4. The molecule has 0 bridgehead atoms. The van der Waals surface area contributed by atoms with Gasteiger partial charge in [-0.05, 0) is 42.3 Å². The Morgan fingerprint density at radius 3 is 2.56 bits per heavy atom. The summed E-state index contributed by atoms with van der Waals surface area (Å²) in [6.45, 7) is 1.58. The summed E-state index contributed by atoms with van der Waals surface area (Å²) in [7, 11) is -2.87. The summed E-state index contributed by atoms with van der Waals surface area (Å²) >= 11 is 1.23. The number of nitrogens with one attached hydrogen (secondary N) is 1. The lowest BCUT2D eigenvalue weighted by atomic mass is 9.99. The van der Waals surface area contributed by atoms with E-state index < -0.39 is 32.8 Å². The zero-order valence-corrected chi connectivity index (χ0v) is 22.2. The molecule has 0 aliphatic carbocycles. The van der Waals surface area contributed by atoms with Gasteiger partial charge >= 0.3 is 6.18 Å². The number of rotatable bonds is 6. The molecule has 0 spiro atoms. The summed E-state index contributed by atoms with van der Waals surface area (Å²) < 4.78 is 57.5. The zero-order valence-electron chi connectivity index (χ0n) is 20.5. The Balaban J connectivity index is 1.72. The molecule has 0 saturated heterocycles. The summed E-state index contributed by atoms with van der Waals surface area (Å²) in [5.74, 6) is -0.735. The summed E-state index contributed by atoms with van der Waals surface area (Å²) in [6.07, 6.45) is 1.10. The van der Waals surface area contributed by atoms with E-state index in [-0.39, 0.29) is 23.2 Å². The van der Waals surface area contributed by atoms with Gasteiger partial charge in [0.1, 0.15) is 5.56 Å². The van der Waals surface area contributed by atoms with Crippen LogP contribution in [-0.4, -0.2) is 25.9 Å². The van der Waals surface area contributed by atoms with E-state index in [1.54, 1.807) is 24.4 Å². The first-order chi connectivity index (χ1) is 18.4. The Bertz CT molecular complexity index is 1760. The Morgan fingerprint density at radius 2 is 1.95 bits per heavy atom. The third kappa shape index (κ3) is 5.92. The van der Waals surface area contributed by atoms with Crippen molar-refractivity contribution in [2.45, 2.75) is 24.5 Å². The lowest BCUT2D eigenvalue weighted by molar-refractivity contribution is -0.137. The SMILES string of the molecule is Cc1c(-c2cccc(C(F)(F)F)c2)c(=O)c(C(=O)NCc2ccc(S(C)(=O)=NC#N)cc2)cn1-c1nccs1. The number of amides is 1. The minimum Gasteiger partial charge on any atom is -0.348 e. The molecule has 0 saturated carbocycles. The number of benzene rings is 2. The molecule has 1 unspecified atom stereocenters. The molecule has 1 atom stereocenters. The van der Waals surface area contributed by atoms with Gasteiger partial charge in [-0.15, -0.1) is 15.7 Å². The smallest absolute Gasteiger partial charge is 0.348 e. The molecule has 0 aliphatic heterocycles. The van der Waals surface area contributed by atoms with Gasteiger partial charge < -0.3 is 5.32 Å². The van der Waals surface area contributed by atoms with Crippen molar-refractivity contribution in [2.24, 2.45) is 4.36 Å². The van der Waals surface area contributed by atoms with Gasteiger partial charge in [0.15, 0.2) is 5.13 Å². The van der Waals surface area contributed by atoms with Crippen molar-refractivity contribution in [3.8, 4) is 22.5 Å². The van der Waals surface area contributed by atoms with Crippen LogP contribution in [0.15, 0.2) is 80.4 Å². The molecule has 1 amide bonds. The van der Waals surface area contributed by atoms with Gasteiger partial charge in [-0.3, -0.25) is 14.2 Å². The highest BCUT2D eigenvalue weighted by atomic mass is 32.2. The van der Waals surface area contributed by atoms with E-state index in [0.717, 1.165) is 12.1 Å². The topological polar surface area (TPSA) is 117 Å². The molecule has 0 radical (unpaired) electrons. The Hall–Kier alpha value is -4.28. The number of hydrogen-bond acceptors (Lipinski definition) is 7. The molecular formula is C26H20F3N5O3S2. The van der Waals surface area contributed by atoms with Crippen molar-refractivity contribution >= 4 is 27.0 Å². The average Bonchev–Trinajstić information content (AvgIpc) is 3.42. The number of nitriles is 1. The highest BCUT2D eigenvalue weighted by Gasteiger charge is 2.31. The first-order valence-corrected chi connectivity index (χ1v) is 14.0. The standard InChI is InChI=1S/C26H20F3N5O3S2/c1-16-22(18-4-3-5-19(12-18)26(27,28)29)23(35)21(14-34(16)25-31-10-11-38-25)24(36)32-13-17-6-8-20(9-7-17)39(2,37)33-15-30/h3-12,14H,13H2,1-2H3,(H,32,36). The minimum absolute atomic E-state index is 0.00285. The maximum atomic E-state index is 13.5. The summed E-state index contributed by atoms with van der Waals surface area (Å²) in [5, 5.41) is 13.5. The second kappa shape index (κ2) is 10.8. The van der Waals surface area contributed by atoms with Crippen LogP contribution < -0.4 is 10.7 Å². The van der Waals surface area contributed by atoms with E-state index in [1.807, 2.05) is 0 Å². The van der Waals surface area contributed by atoms with Gasteiger partial charge in [-0.1, -0.05) is 24.3 Å². The number of pyridine rings is 1. The van der Waals surface area contributed by atoms with Gasteiger partial charge in [0, 0.05) is 46.7 Å². The fourth-order valence-electron chi connectivity index (χ4n) is 3.86. The van der Waals surface area contributed by atoms with Crippen molar-refractivity contribution in [3.05, 3.63) is 98.9 Å². The fraction of sp³-hybridized carbons (Fsp3) is 0.154. The van der Waals surface area contributed by atoms with Gasteiger partial charge in [-0.25, -0.2) is 9.19 Å². The maximum absolute atomic E-state index is 13.5. The lowest BCUT2D eigenvalue weighted by Gasteiger charge is -2.16. The summed E-state index contributed by atoms with van der Waals surface area (Å²) in [6, 6.07) is 10.6. The van der Waals surface area contributed by atoms with Crippen molar-refractivity contribution in [1.82, 2.24) is 14.9 Å². The fourth-order valence-corrected chi connectivity index (χ4v) is 5.43. The van der Waals surface area contributed by atoms with E-state index in [4.69, 9.17) is 5.26 Å². The molecule has 0 aliphatic rings. The molecule has 39 heavy (non-hydrogen) atoms. The second-order valence-electron chi connectivity index (χ2n) is 8.42. The molecule has 4 aromatic rings. The number of carbonyl (C=O) groups excluding carboxylic acids is 1. The monoisotopic (exact) mass is 571 g/mol. The summed E-state index contributed by atoms with van der Waals surface area (Å²) in [4.78, 5) is 31.2. The molecule has 2 heterocycles. The molecule has 13 heteroatoms. The van der Waals surface area contributed by atoms with E-state index in [2.05, 4.69) is 14.7 Å². The number of thiazole rings is 1. The normalized spacial score (nSPS) is 12.8. The number of halogens is 3. The molecule has 2 aromatic carbocycles. The van der Waals surface area contributed by atoms with Gasteiger partial charge in [0.2, 0.25) is 11.6 Å². The van der Waals surface area contributed by atoms with Crippen molar-refractivity contribution in [1.29, 1.82) is 5.26 Å². The predicted octanol–water partition coefficient (Wildman–Crippen LogP) is 5.16. The number of aromatic nitrogens is 2. The van der Waals surface area contributed by atoms with Crippen LogP contribution in [-0.2, 0) is 22.5 Å². The molecule has 1 N–H and O–H groups in total.